The average molecular weight is 226 g/mol. The largest absolute Gasteiger partial charge is 0.337 e. The number of aryl methyl sites for hydroxylation is 1. The van der Waals surface area contributed by atoms with Crippen LogP contribution in [0.2, 0.25) is 0 Å². The number of carbonyl (C=O) groups is 1. The van der Waals surface area contributed by atoms with Crippen LogP contribution in [0.15, 0.2) is 5.38 Å². The highest BCUT2D eigenvalue weighted by Crippen LogP contribution is 2.13. The molecule has 0 aliphatic carbocycles. The molecule has 3 nitrogen and oxygen atoms in total. The van der Waals surface area contributed by atoms with Gasteiger partial charge in [-0.2, -0.15) is 0 Å². The van der Waals surface area contributed by atoms with Crippen LogP contribution in [-0.4, -0.2) is 28.9 Å². The summed E-state index contributed by atoms with van der Waals surface area (Å²) in [6.45, 7) is 6.12. The number of carbonyl (C=O) groups excluding carboxylic acids is 1. The van der Waals surface area contributed by atoms with Crippen LogP contribution in [0, 0.1) is 6.92 Å². The van der Waals surface area contributed by atoms with Gasteiger partial charge in [-0.05, 0) is 19.8 Å². The summed E-state index contributed by atoms with van der Waals surface area (Å²) in [6.07, 6.45) is 1.98. The summed E-state index contributed by atoms with van der Waals surface area (Å²) >= 11 is 1.52. The summed E-state index contributed by atoms with van der Waals surface area (Å²) in [7, 11) is 1.86. The Bertz CT molecular complexity index is 331. The molecule has 0 radical (unpaired) electrons. The van der Waals surface area contributed by atoms with Crippen molar-refractivity contribution >= 4 is 17.2 Å². The minimum atomic E-state index is 0.0352. The molecule has 1 aromatic rings. The molecule has 15 heavy (non-hydrogen) atoms. The van der Waals surface area contributed by atoms with Crippen LogP contribution < -0.4 is 0 Å². The highest BCUT2D eigenvalue weighted by molar-refractivity contribution is 7.09. The third-order valence-corrected chi connectivity index (χ3v) is 3.42. The summed E-state index contributed by atoms with van der Waals surface area (Å²) in [4.78, 5) is 18.0. The molecule has 0 bridgehead atoms. The Morgan fingerprint density at radius 3 is 2.53 bits per heavy atom. The van der Waals surface area contributed by atoms with E-state index in [1.165, 1.54) is 11.3 Å². The molecule has 0 spiro atoms. The van der Waals surface area contributed by atoms with Crippen LogP contribution >= 0.6 is 11.3 Å². The molecule has 1 aromatic heterocycles. The van der Waals surface area contributed by atoms with Crippen LogP contribution in [-0.2, 0) is 0 Å². The first-order valence-corrected chi connectivity index (χ1v) is 6.17. The zero-order chi connectivity index (χ0) is 11.4. The van der Waals surface area contributed by atoms with E-state index in [1.807, 2.05) is 19.4 Å². The first-order valence-electron chi connectivity index (χ1n) is 5.29. The third-order valence-electron chi connectivity index (χ3n) is 2.65. The highest BCUT2D eigenvalue weighted by Gasteiger charge is 2.19. The Hall–Kier alpha value is -0.900. The number of amides is 1. The van der Waals surface area contributed by atoms with Crippen molar-refractivity contribution in [3.8, 4) is 0 Å². The van der Waals surface area contributed by atoms with Gasteiger partial charge in [0.1, 0.15) is 5.69 Å². The molecular formula is C11H18N2OS. The second-order valence-corrected chi connectivity index (χ2v) is 4.70. The van der Waals surface area contributed by atoms with Gasteiger partial charge < -0.3 is 4.90 Å². The summed E-state index contributed by atoms with van der Waals surface area (Å²) in [5, 5.41) is 2.77. The van der Waals surface area contributed by atoms with Gasteiger partial charge >= 0.3 is 0 Å². The molecule has 0 fully saturated rings. The first kappa shape index (κ1) is 12.2. The molecule has 0 N–H and O–H groups in total. The number of thiazole rings is 1. The Morgan fingerprint density at radius 2 is 2.13 bits per heavy atom. The zero-order valence-electron chi connectivity index (χ0n) is 9.78. The van der Waals surface area contributed by atoms with E-state index in [-0.39, 0.29) is 5.91 Å². The Morgan fingerprint density at radius 1 is 1.53 bits per heavy atom. The summed E-state index contributed by atoms with van der Waals surface area (Å²) in [6, 6.07) is 0.319. The molecule has 84 valence electrons. The summed E-state index contributed by atoms with van der Waals surface area (Å²) < 4.78 is 0. The fraction of sp³-hybridized carbons (Fsp3) is 0.636. The average Bonchev–Trinajstić information content (AvgIpc) is 2.65. The normalized spacial score (nSPS) is 10.7. The monoisotopic (exact) mass is 226 g/mol. The third kappa shape index (κ3) is 2.78. The molecule has 0 saturated carbocycles. The van der Waals surface area contributed by atoms with Crippen LogP contribution in [0.5, 0.6) is 0 Å². The Balaban J connectivity index is 2.76. The van der Waals surface area contributed by atoms with Crippen LogP contribution in [0.25, 0.3) is 0 Å². The van der Waals surface area contributed by atoms with Crippen molar-refractivity contribution in [3.05, 3.63) is 16.1 Å². The van der Waals surface area contributed by atoms with Gasteiger partial charge in [0.15, 0.2) is 0 Å². The van der Waals surface area contributed by atoms with E-state index in [4.69, 9.17) is 0 Å². The van der Waals surface area contributed by atoms with Gasteiger partial charge in [-0.3, -0.25) is 4.79 Å². The van der Waals surface area contributed by atoms with E-state index in [1.54, 1.807) is 4.90 Å². The predicted octanol–water partition coefficient (Wildman–Crippen LogP) is 2.71. The summed E-state index contributed by atoms with van der Waals surface area (Å²) in [5.74, 6) is 0.0352. The number of aromatic nitrogens is 1. The van der Waals surface area contributed by atoms with Gasteiger partial charge in [0.2, 0.25) is 0 Å². The number of hydrogen-bond donors (Lipinski definition) is 0. The molecule has 4 heteroatoms. The molecule has 0 aromatic carbocycles. The molecule has 0 unspecified atom stereocenters. The second kappa shape index (κ2) is 5.26. The second-order valence-electron chi connectivity index (χ2n) is 3.64. The smallest absolute Gasteiger partial charge is 0.273 e. The molecule has 1 amide bonds. The molecule has 0 aliphatic rings. The minimum absolute atomic E-state index is 0.0352. The van der Waals surface area contributed by atoms with Crippen LogP contribution in [0.4, 0.5) is 0 Å². The maximum Gasteiger partial charge on any atom is 0.273 e. The number of nitrogens with zero attached hydrogens (tertiary/aromatic N) is 2. The van der Waals surface area contributed by atoms with Gasteiger partial charge in [-0.1, -0.05) is 13.8 Å². The lowest BCUT2D eigenvalue weighted by molar-refractivity contribution is 0.0718. The van der Waals surface area contributed by atoms with Crippen molar-refractivity contribution in [1.29, 1.82) is 0 Å². The fourth-order valence-electron chi connectivity index (χ4n) is 1.64. The topological polar surface area (TPSA) is 33.2 Å². The molecular weight excluding hydrogens is 208 g/mol. The SMILES string of the molecule is CCC(CC)N(C)C(=O)c1csc(C)n1. The van der Waals surface area contributed by atoms with Crippen molar-refractivity contribution < 1.29 is 4.79 Å². The van der Waals surface area contributed by atoms with Crippen molar-refractivity contribution in [2.45, 2.75) is 39.7 Å². The van der Waals surface area contributed by atoms with E-state index in [2.05, 4.69) is 18.8 Å². The van der Waals surface area contributed by atoms with E-state index in [9.17, 15) is 4.79 Å². The van der Waals surface area contributed by atoms with Crippen molar-refractivity contribution in [2.24, 2.45) is 0 Å². The van der Waals surface area contributed by atoms with Gasteiger partial charge in [0.25, 0.3) is 5.91 Å². The number of rotatable bonds is 4. The quantitative estimate of drug-likeness (QED) is 0.791. The maximum absolute atomic E-state index is 12.0. The van der Waals surface area contributed by atoms with Gasteiger partial charge in [-0.25, -0.2) is 4.98 Å². The van der Waals surface area contributed by atoms with E-state index < -0.39 is 0 Å². The van der Waals surface area contributed by atoms with Gasteiger partial charge in [0.05, 0.1) is 5.01 Å². The molecule has 0 aliphatic heterocycles. The maximum atomic E-state index is 12.0. The van der Waals surface area contributed by atoms with E-state index >= 15 is 0 Å². The zero-order valence-corrected chi connectivity index (χ0v) is 10.6. The first-order chi connectivity index (χ1) is 7.10. The highest BCUT2D eigenvalue weighted by atomic mass is 32.1. The van der Waals surface area contributed by atoms with E-state index in [0.29, 0.717) is 11.7 Å². The fourth-order valence-corrected chi connectivity index (χ4v) is 2.23. The van der Waals surface area contributed by atoms with E-state index in [0.717, 1.165) is 17.8 Å². The lowest BCUT2D eigenvalue weighted by Gasteiger charge is -2.25. The van der Waals surface area contributed by atoms with Crippen LogP contribution in [0.3, 0.4) is 0 Å². The molecule has 0 saturated heterocycles. The number of hydrogen-bond acceptors (Lipinski definition) is 3. The molecule has 1 rings (SSSR count). The summed E-state index contributed by atoms with van der Waals surface area (Å²) in [5.41, 5.74) is 0.576. The minimum Gasteiger partial charge on any atom is -0.337 e. The van der Waals surface area contributed by atoms with Crippen molar-refractivity contribution in [2.75, 3.05) is 7.05 Å². The Kier molecular flexibility index (Phi) is 4.27. The van der Waals surface area contributed by atoms with Crippen molar-refractivity contribution in [3.63, 3.8) is 0 Å². The molecule has 1 heterocycles. The standard InChI is InChI=1S/C11H18N2OS/c1-5-9(6-2)13(4)11(14)10-7-15-8(3)12-10/h7,9H,5-6H2,1-4H3. The molecule has 0 atom stereocenters. The van der Waals surface area contributed by atoms with Gasteiger partial charge in [-0.15, -0.1) is 11.3 Å². The van der Waals surface area contributed by atoms with Gasteiger partial charge in [0, 0.05) is 18.5 Å². The van der Waals surface area contributed by atoms with Crippen molar-refractivity contribution in [1.82, 2.24) is 9.88 Å². The Labute approximate surface area is 95.1 Å². The predicted molar refractivity (Wildman–Crippen MR) is 63.3 cm³/mol. The lowest BCUT2D eigenvalue weighted by atomic mass is 10.1. The lowest BCUT2D eigenvalue weighted by Crippen LogP contribution is -2.36. The van der Waals surface area contributed by atoms with Crippen LogP contribution in [0.1, 0.15) is 42.2 Å².